The van der Waals surface area contributed by atoms with Crippen molar-refractivity contribution in [2.24, 2.45) is 0 Å². The maximum atomic E-state index is 13.6. The highest BCUT2D eigenvalue weighted by Crippen LogP contribution is 2.33. The van der Waals surface area contributed by atoms with Crippen molar-refractivity contribution >= 4 is 15.7 Å². The number of ether oxygens (including phenoxy) is 2. The second-order valence-corrected chi connectivity index (χ2v) is 6.33. The number of anilines is 1. The number of methoxy groups -OCH3 is 2. The van der Waals surface area contributed by atoms with Crippen molar-refractivity contribution in [2.75, 3.05) is 18.9 Å². The van der Waals surface area contributed by atoms with Crippen LogP contribution >= 0.6 is 0 Å². The number of aryl methyl sites for hydroxylation is 1. The third-order valence-electron chi connectivity index (χ3n) is 3.17. The van der Waals surface area contributed by atoms with Crippen LogP contribution in [0.25, 0.3) is 0 Å². The number of para-hydroxylation sites is 1. The van der Waals surface area contributed by atoms with Gasteiger partial charge in [0.1, 0.15) is 17.3 Å². The number of sulfonamides is 1. The van der Waals surface area contributed by atoms with Gasteiger partial charge in [0.05, 0.1) is 19.1 Å². The van der Waals surface area contributed by atoms with Gasteiger partial charge >= 0.3 is 0 Å². The second-order valence-electron chi connectivity index (χ2n) is 4.67. The molecule has 0 heterocycles. The van der Waals surface area contributed by atoms with Crippen LogP contribution in [0.5, 0.6) is 11.5 Å². The lowest BCUT2D eigenvalue weighted by Crippen LogP contribution is -2.16. The maximum Gasteiger partial charge on any atom is 0.262 e. The zero-order valence-corrected chi connectivity index (χ0v) is 13.5. The lowest BCUT2D eigenvalue weighted by atomic mass is 10.2. The van der Waals surface area contributed by atoms with Crippen molar-refractivity contribution in [3.63, 3.8) is 0 Å². The van der Waals surface area contributed by atoms with Gasteiger partial charge in [0, 0.05) is 6.07 Å². The smallest absolute Gasteiger partial charge is 0.262 e. The fraction of sp³-hybridized carbons (Fsp3) is 0.200. The van der Waals surface area contributed by atoms with Crippen LogP contribution in [0.2, 0.25) is 0 Å². The molecule has 0 aliphatic heterocycles. The Balaban J connectivity index is 2.52. The van der Waals surface area contributed by atoms with E-state index in [-0.39, 0.29) is 10.6 Å². The molecule has 0 fully saturated rings. The summed E-state index contributed by atoms with van der Waals surface area (Å²) >= 11 is 0. The second kappa shape index (κ2) is 6.41. The molecule has 23 heavy (non-hydrogen) atoms. The van der Waals surface area contributed by atoms with Crippen LogP contribution in [-0.2, 0) is 10.0 Å². The summed E-state index contributed by atoms with van der Waals surface area (Å²) in [6.07, 6.45) is 0. The summed E-state index contributed by atoms with van der Waals surface area (Å²) in [5.74, 6) is -1.48. The largest absolute Gasteiger partial charge is 0.493 e. The Bertz CT molecular complexity index is 817. The van der Waals surface area contributed by atoms with E-state index in [1.54, 1.807) is 0 Å². The standard InChI is InChI=1S/C15H15F2NO4S/c1-9-7-12(21-2)13(22-3)8-14(9)23(19,20)18-15-10(16)5-4-6-11(15)17/h4-8,18H,1-3H3. The zero-order chi connectivity index (χ0) is 17.2. The van der Waals surface area contributed by atoms with Crippen molar-refractivity contribution < 1.29 is 26.7 Å². The third-order valence-corrected chi connectivity index (χ3v) is 4.66. The third kappa shape index (κ3) is 3.37. The first kappa shape index (κ1) is 17.0. The van der Waals surface area contributed by atoms with Gasteiger partial charge in [-0.3, -0.25) is 4.72 Å². The summed E-state index contributed by atoms with van der Waals surface area (Å²) in [5.41, 5.74) is -0.395. The molecule has 8 heteroatoms. The Kier molecular flexibility index (Phi) is 4.74. The molecule has 0 aliphatic carbocycles. The van der Waals surface area contributed by atoms with E-state index in [1.807, 2.05) is 4.72 Å². The molecule has 0 aromatic heterocycles. The fourth-order valence-electron chi connectivity index (χ4n) is 2.04. The van der Waals surface area contributed by atoms with Gasteiger partial charge in [-0.15, -0.1) is 0 Å². The monoisotopic (exact) mass is 343 g/mol. The number of halogens is 2. The number of rotatable bonds is 5. The van der Waals surface area contributed by atoms with E-state index in [2.05, 4.69) is 0 Å². The summed E-state index contributed by atoms with van der Waals surface area (Å²) < 4.78 is 64.3. The van der Waals surface area contributed by atoms with E-state index in [9.17, 15) is 17.2 Å². The summed E-state index contributed by atoms with van der Waals surface area (Å²) in [6.45, 7) is 1.54. The Hall–Kier alpha value is -2.35. The Morgan fingerprint density at radius 2 is 1.52 bits per heavy atom. The molecular weight excluding hydrogens is 328 g/mol. The lowest BCUT2D eigenvalue weighted by Gasteiger charge is -2.15. The Labute approximate surface area is 132 Å². The highest BCUT2D eigenvalue weighted by Gasteiger charge is 2.23. The minimum Gasteiger partial charge on any atom is -0.493 e. The van der Waals surface area contributed by atoms with Crippen LogP contribution in [0.4, 0.5) is 14.5 Å². The molecule has 5 nitrogen and oxygen atoms in total. The minimum absolute atomic E-state index is 0.169. The first-order valence-electron chi connectivity index (χ1n) is 6.49. The normalized spacial score (nSPS) is 11.2. The van der Waals surface area contributed by atoms with Gasteiger partial charge in [-0.1, -0.05) is 6.07 Å². The molecule has 0 unspecified atom stereocenters. The first-order chi connectivity index (χ1) is 10.8. The highest BCUT2D eigenvalue weighted by atomic mass is 32.2. The molecule has 0 bridgehead atoms. The molecule has 0 spiro atoms. The van der Waals surface area contributed by atoms with Crippen LogP contribution in [0, 0.1) is 18.6 Å². The molecule has 0 saturated heterocycles. The predicted octanol–water partition coefficient (Wildman–Crippen LogP) is 3.09. The first-order valence-corrected chi connectivity index (χ1v) is 7.98. The summed E-state index contributed by atoms with van der Waals surface area (Å²) in [7, 11) is -1.44. The minimum atomic E-state index is -4.21. The summed E-state index contributed by atoms with van der Waals surface area (Å²) in [6, 6.07) is 5.76. The molecule has 1 N–H and O–H groups in total. The molecule has 2 aromatic carbocycles. The van der Waals surface area contributed by atoms with Gasteiger partial charge in [0.15, 0.2) is 11.5 Å². The van der Waals surface area contributed by atoms with Gasteiger partial charge in [0.2, 0.25) is 0 Å². The molecule has 0 amide bonds. The number of benzene rings is 2. The molecular formula is C15H15F2NO4S. The quantitative estimate of drug-likeness (QED) is 0.906. The number of hydrogen-bond acceptors (Lipinski definition) is 4. The van der Waals surface area contributed by atoms with E-state index in [4.69, 9.17) is 9.47 Å². The van der Waals surface area contributed by atoms with Crippen molar-refractivity contribution in [1.82, 2.24) is 0 Å². The van der Waals surface area contributed by atoms with Crippen molar-refractivity contribution in [2.45, 2.75) is 11.8 Å². The topological polar surface area (TPSA) is 64.6 Å². The van der Waals surface area contributed by atoms with Crippen molar-refractivity contribution in [3.05, 3.63) is 47.5 Å². The van der Waals surface area contributed by atoms with Crippen molar-refractivity contribution in [1.29, 1.82) is 0 Å². The van der Waals surface area contributed by atoms with E-state index >= 15 is 0 Å². The molecule has 0 aliphatic rings. The predicted molar refractivity (Wildman–Crippen MR) is 81.4 cm³/mol. The van der Waals surface area contributed by atoms with Crippen LogP contribution in [0.3, 0.4) is 0 Å². The van der Waals surface area contributed by atoms with Crippen molar-refractivity contribution in [3.8, 4) is 11.5 Å². The van der Waals surface area contributed by atoms with E-state index < -0.39 is 27.3 Å². The molecule has 0 saturated carbocycles. The number of hydrogen-bond donors (Lipinski definition) is 1. The molecule has 0 atom stereocenters. The lowest BCUT2D eigenvalue weighted by molar-refractivity contribution is 0.353. The van der Waals surface area contributed by atoms with Crippen LogP contribution in [0.1, 0.15) is 5.56 Å². The molecule has 2 rings (SSSR count). The summed E-state index contributed by atoms with van der Waals surface area (Å²) in [4.78, 5) is -0.169. The van der Waals surface area contributed by atoms with Crippen LogP contribution < -0.4 is 14.2 Å². The Morgan fingerprint density at radius 3 is 2.04 bits per heavy atom. The maximum absolute atomic E-state index is 13.6. The van der Waals surface area contributed by atoms with E-state index in [0.29, 0.717) is 11.3 Å². The summed E-state index contributed by atoms with van der Waals surface area (Å²) in [5, 5.41) is 0. The zero-order valence-electron chi connectivity index (χ0n) is 12.7. The molecule has 2 aromatic rings. The van der Waals surface area contributed by atoms with Gasteiger partial charge in [-0.2, -0.15) is 0 Å². The molecule has 0 radical (unpaired) electrons. The van der Waals surface area contributed by atoms with Gasteiger partial charge in [-0.25, -0.2) is 17.2 Å². The van der Waals surface area contributed by atoms with Gasteiger partial charge in [0.25, 0.3) is 10.0 Å². The van der Waals surface area contributed by atoms with Crippen LogP contribution in [-0.4, -0.2) is 22.6 Å². The van der Waals surface area contributed by atoms with Crippen LogP contribution in [0.15, 0.2) is 35.2 Å². The Morgan fingerprint density at radius 1 is 1.00 bits per heavy atom. The van der Waals surface area contributed by atoms with Gasteiger partial charge in [-0.05, 0) is 30.7 Å². The average Bonchev–Trinajstić information content (AvgIpc) is 2.50. The highest BCUT2D eigenvalue weighted by molar-refractivity contribution is 7.92. The SMILES string of the molecule is COc1cc(C)c(S(=O)(=O)Nc2c(F)cccc2F)cc1OC. The number of nitrogens with one attached hydrogen (secondary N) is 1. The van der Waals surface area contributed by atoms with Gasteiger partial charge < -0.3 is 9.47 Å². The fourth-order valence-corrected chi connectivity index (χ4v) is 3.35. The average molecular weight is 343 g/mol. The van der Waals surface area contributed by atoms with E-state index in [0.717, 1.165) is 18.2 Å². The van der Waals surface area contributed by atoms with E-state index in [1.165, 1.54) is 33.3 Å². The molecule has 124 valence electrons.